The van der Waals surface area contributed by atoms with Crippen LogP contribution in [0.2, 0.25) is 0 Å². The summed E-state index contributed by atoms with van der Waals surface area (Å²) in [6, 6.07) is 10.1. The van der Waals surface area contributed by atoms with Gasteiger partial charge >= 0.3 is 5.97 Å². The Kier molecular flexibility index (Phi) is 4.33. The lowest BCUT2D eigenvalue weighted by atomic mass is 9.99. The summed E-state index contributed by atoms with van der Waals surface area (Å²) in [6.45, 7) is 4.79. The molecule has 1 aliphatic rings. The van der Waals surface area contributed by atoms with Crippen molar-refractivity contribution < 1.29 is 9.53 Å². The molecule has 0 unspecified atom stereocenters. The van der Waals surface area contributed by atoms with Gasteiger partial charge in [0.15, 0.2) is 0 Å². The van der Waals surface area contributed by atoms with E-state index in [9.17, 15) is 4.79 Å². The van der Waals surface area contributed by atoms with E-state index in [0.717, 1.165) is 18.6 Å². The first-order valence-electron chi connectivity index (χ1n) is 6.47. The average molecular weight is 264 g/mol. The minimum absolute atomic E-state index is 0.0165. The van der Waals surface area contributed by atoms with Crippen LogP contribution in [-0.2, 0) is 16.0 Å². The molecule has 3 heteroatoms. The fourth-order valence-electron chi connectivity index (χ4n) is 2.10. The van der Waals surface area contributed by atoms with Crippen LogP contribution in [0.4, 0.5) is 0 Å². The summed E-state index contributed by atoms with van der Waals surface area (Å²) < 4.78 is 5.20. The summed E-state index contributed by atoms with van der Waals surface area (Å²) in [7, 11) is 0. The molecule has 2 nitrogen and oxygen atoms in total. The summed E-state index contributed by atoms with van der Waals surface area (Å²) in [6.07, 6.45) is 1.73. The van der Waals surface area contributed by atoms with E-state index in [1.807, 2.05) is 18.2 Å². The Morgan fingerprint density at radius 1 is 1.39 bits per heavy atom. The lowest BCUT2D eigenvalue weighted by Crippen LogP contribution is -2.28. The number of hydrogen-bond donors (Lipinski definition) is 0. The highest BCUT2D eigenvalue weighted by molar-refractivity contribution is 8.08. The molecule has 0 spiro atoms. The second-order valence-electron chi connectivity index (χ2n) is 5.25. The molecule has 1 saturated heterocycles. The molecule has 1 aromatic carbocycles. The molecule has 1 fully saturated rings. The first-order valence-corrected chi connectivity index (χ1v) is 7.46. The summed E-state index contributed by atoms with van der Waals surface area (Å²) in [5.74, 6) is 1.45. The standard InChI is InChI=1S/C15H20O2S/c1-12(2)10-15(11-18-15)14(16)17-9-8-13-6-4-3-5-7-13/h3-7,12H,8-11H2,1-2H3/t15-/m1/s1. The summed E-state index contributed by atoms with van der Waals surface area (Å²) >= 11 is 1.72. The van der Waals surface area contributed by atoms with Crippen molar-refractivity contribution in [2.45, 2.75) is 31.4 Å². The topological polar surface area (TPSA) is 26.3 Å². The van der Waals surface area contributed by atoms with Gasteiger partial charge in [0.05, 0.1) is 6.61 Å². The molecule has 98 valence electrons. The third-order valence-corrected chi connectivity index (χ3v) is 4.39. The smallest absolute Gasteiger partial charge is 0.323 e. The van der Waals surface area contributed by atoms with Crippen LogP contribution in [0, 0.1) is 5.92 Å². The number of carbonyl (C=O) groups is 1. The van der Waals surface area contributed by atoms with Crippen LogP contribution in [0.5, 0.6) is 0 Å². The summed E-state index contributed by atoms with van der Waals surface area (Å²) in [5, 5.41) is 0. The van der Waals surface area contributed by atoms with E-state index in [-0.39, 0.29) is 10.7 Å². The van der Waals surface area contributed by atoms with Crippen molar-refractivity contribution in [3.05, 3.63) is 35.9 Å². The molecule has 1 atom stereocenters. The van der Waals surface area contributed by atoms with E-state index in [0.29, 0.717) is 12.5 Å². The van der Waals surface area contributed by atoms with Crippen LogP contribution in [0.15, 0.2) is 30.3 Å². The first kappa shape index (κ1) is 13.5. The molecule has 0 aliphatic carbocycles. The lowest BCUT2D eigenvalue weighted by Gasteiger charge is -2.14. The molecule has 0 bridgehead atoms. The van der Waals surface area contributed by atoms with Crippen molar-refractivity contribution in [1.29, 1.82) is 0 Å². The summed E-state index contributed by atoms with van der Waals surface area (Å²) in [4.78, 5) is 12.0. The zero-order valence-corrected chi connectivity index (χ0v) is 11.8. The predicted octanol–water partition coefficient (Wildman–Crippen LogP) is 3.30. The van der Waals surface area contributed by atoms with Crippen molar-refractivity contribution in [1.82, 2.24) is 0 Å². The van der Waals surface area contributed by atoms with Gasteiger partial charge in [-0.15, -0.1) is 11.8 Å². The molecule has 0 saturated carbocycles. The van der Waals surface area contributed by atoms with Gasteiger partial charge in [-0.25, -0.2) is 0 Å². The van der Waals surface area contributed by atoms with Gasteiger partial charge in [-0.05, 0) is 17.9 Å². The van der Waals surface area contributed by atoms with Gasteiger partial charge in [-0.3, -0.25) is 4.79 Å². The van der Waals surface area contributed by atoms with E-state index in [1.54, 1.807) is 11.8 Å². The molecule has 2 rings (SSSR count). The number of carbonyl (C=O) groups excluding carboxylic acids is 1. The van der Waals surface area contributed by atoms with Crippen molar-refractivity contribution in [2.24, 2.45) is 5.92 Å². The fraction of sp³-hybridized carbons (Fsp3) is 0.533. The van der Waals surface area contributed by atoms with Gasteiger partial charge in [0.2, 0.25) is 0 Å². The van der Waals surface area contributed by atoms with Crippen molar-refractivity contribution in [3.63, 3.8) is 0 Å². The van der Waals surface area contributed by atoms with Crippen LogP contribution in [0.1, 0.15) is 25.8 Å². The Morgan fingerprint density at radius 3 is 2.61 bits per heavy atom. The Bertz CT molecular complexity index is 396. The average Bonchev–Trinajstić information content (AvgIpc) is 3.10. The highest BCUT2D eigenvalue weighted by atomic mass is 32.2. The third-order valence-electron chi connectivity index (χ3n) is 3.07. The molecule has 0 aromatic heterocycles. The molecule has 0 N–H and O–H groups in total. The van der Waals surface area contributed by atoms with Crippen LogP contribution in [0.3, 0.4) is 0 Å². The number of rotatable bonds is 6. The summed E-state index contributed by atoms with van der Waals surface area (Å²) in [5.41, 5.74) is 1.21. The maximum absolute atomic E-state index is 12.0. The molecule has 0 radical (unpaired) electrons. The van der Waals surface area contributed by atoms with E-state index in [2.05, 4.69) is 26.0 Å². The minimum atomic E-state index is -0.217. The molecular weight excluding hydrogens is 244 g/mol. The number of ether oxygens (including phenoxy) is 1. The highest BCUT2D eigenvalue weighted by Crippen LogP contribution is 2.50. The monoisotopic (exact) mass is 264 g/mol. The first-order chi connectivity index (χ1) is 8.62. The maximum Gasteiger partial charge on any atom is 0.323 e. The third kappa shape index (κ3) is 3.52. The number of hydrogen-bond acceptors (Lipinski definition) is 3. The van der Waals surface area contributed by atoms with E-state index >= 15 is 0 Å². The number of thioether (sulfide) groups is 1. The molecule has 1 aromatic rings. The van der Waals surface area contributed by atoms with Gasteiger partial charge in [0.1, 0.15) is 4.75 Å². The van der Waals surface area contributed by atoms with Crippen LogP contribution in [-0.4, -0.2) is 23.1 Å². The van der Waals surface area contributed by atoms with Gasteiger partial charge in [0.25, 0.3) is 0 Å². The zero-order chi connectivity index (χ0) is 13.0. The van der Waals surface area contributed by atoms with E-state index in [4.69, 9.17) is 4.74 Å². The van der Waals surface area contributed by atoms with Gasteiger partial charge in [-0.1, -0.05) is 44.2 Å². The molecule has 0 amide bonds. The highest BCUT2D eigenvalue weighted by Gasteiger charge is 2.52. The zero-order valence-electron chi connectivity index (χ0n) is 11.0. The largest absolute Gasteiger partial charge is 0.464 e. The second-order valence-corrected chi connectivity index (χ2v) is 6.61. The van der Waals surface area contributed by atoms with E-state index < -0.39 is 0 Å². The lowest BCUT2D eigenvalue weighted by molar-refractivity contribution is -0.145. The van der Waals surface area contributed by atoms with Gasteiger partial charge in [-0.2, -0.15) is 0 Å². The predicted molar refractivity (Wildman–Crippen MR) is 75.7 cm³/mol. The SMILES string of the molecule is CC(C)C[C@]1(C(=O)OCCc2ccccc2)CS1. The normalized spacial score (nSPS) is 21.9. The van der Waals surface area contributed by atoms with Crippen molar-refractivity contribution in [2.75, 3.05) is 12.4 Å². The Balaban J connectivity index is 1.76. The number of benzene rings is 1. The molecule has 1 aliphatic heterocycles. The minimum Gasteiger partial charge on any atom is -0.464 e. The fourth-order valence-corrected chi connectivity index (χ4v) is 3.14. The molecular formula is C15H20O2S. The van der Waals surface area contributed by atoms with Gasteiger partial charge in [0, 0.05) is 12.2 Å². The van der Waals surface area contributed by atoms with Crippen molar-refractivity contribution >= 4 is 17.7 Å². The second kappa shape index (κ2) is 5.79. The van der Waals surface area contributed by atoms with Crippen LogP contribution >= 0.6 is 11.8 Å². The van der Waals surface area contributed by atoms with Crippen molar-refractivity contribution in [3.8, 4) is 0 Å². The Morgan fingerprint density at radius 2 is 2.06 bits per heavy atom. The number of esters is 1. The maximum atomic E-state index is 12.0. The molecule has 18 heavy (non-hydrogen) atoms. The van der Waals surface area contributed by atoms with E-state index in [1.165, 1.54) is 5.56 Å². The Labute approximate surface area is 113 Å². The Hall–Kier alpha value is -0.960. The van der Waals surface area contributed by atoms with Gasteiger partial charge < -0.3 is 4.74 Å². The quantitative estimate of drug-likeness (QED) is 0.582. The van der Waals surface area contributed by atoms with Crippen LogP contribution < -0.4 is 0 Å². The molecule has 1 heterocycles. The van der Waals surface area contributed by atoms with Crippen LogP contribution in [0.25, 0.3) is 0 Å².